The second kappa shape index (κ2) is 8.24. The molecular weight excluding hydrogens is 306 g/mol. The van der Waals surface area contributed by atoms with E-state index in [1.54, 1.807) is 30.0 Å². The van der Waals surface area contributed by atoms with Gasteiger partial charge in [-0.15, -0.1) is 0 Å². The zero-order valence-corrected chi connectivity index (χ0v) is 14.7. The molecule has 0 radical (unpaired) electrons. The summed E-state index contributed by atoms with van der Waals surface area (Å²) in [4.78, 5) is 6.64. The molecule has 0 aliphatic heterocycles. The van der Waals surface area contributed by atoms with Crippen molar-refractivity contribution in [1.29, 1.82) is 0 Å². The van der Waals surface area contributed by atoms with Gasteiger partial charge in [0, 0.05) is 44.5 Å². The number of rotatable bonds is 6. The van der Waals surface area contributed by atoms with Crippen molar-refractivity contribution < 1.29 is 9.84 Å². The molecule has 7 heteroatoms. The highest BCUT2D eigenvalue weighted by molar-refractivity contribution is 5.79. The van der Waals surface area contributed by atoms with Gasteiger partial charge in [0.2, 0.25) is 0 Å². The van der Waals surface area contributed by atoms with E-state index in [0.29, 0.717) is 18.8 Å². The number of aliphatic imine (C=N–C) groups is 1. The first kappa shape index (κ1) is 17.7. The Kier molecular flexibility index (Phi) is 6.06. The number of aromatic hydroxyl groups is 1. The minimum Gasteiger partial charge on any atom is -0.508 e. The summed E-state index contributed by atoms with van der Waals surface area (Å²) in [6.07, 6.45) is 3.82. The molecule has 0 saturated carbocycles. The molecule has 0 bridgehead atoms. The average Bonchev–Trinajstić information content (AvgIpc) is 2.97. The molecule has 1 aromatic heterocycles. The second-order valence-electron chi connectivity index (χ2n) is 5.54. The van der Waals surface area contributed by atoms with E-state index in [-0.39, 0.29) is 5.75 Å². The van der Waals surface area contributed by atoms with Gasteiger partial charge in [-0.1, -0.05) is 0 Å². The van der Waals surface area contributed by atoms with E-state index in [9.17, 15) is 5.11 Å². The Morgan fingerprint density at radius 1 is 1.46 bits per heavy atom. The maximum absolute atomic E-state index is 9.98. The SMILES string of the molecule is CCNC(=NCc1cc(OC)ccc1O)N(C)Cc1cnn(C)c1. The summed E-state index contributed by atoms with van der Waals surface area (Å²) in [7, 11) is 5.47. The third-order valence-corrected chi connectivity index (χ3v) is 3.56. The number of guanidine groups is 1. The van der Waals surface area contributed by atoms with E-state index >= 15 is 0 Å². The Labute approximate surface area is 142 Å². The van der Waals surface area contributed by atoms with Crippen LogP contribution in [0.15, 0.2) is 35.6 Å². The number of phenolic OH excluding ortho intramolecular Hbond substituents is 1. The lowest BCUT2D eigenvalue weighted by Gasteiger charge is -2.21. The molecule has 0 amide bonds. The Morgan fingerprint density at radius 3 is 2.88 bits per heavy atom. The number of hydrogen-bond acceptors (Lipinski definition) is 4. The predicted molar refractivity (Wildman–Crippen MR) is 94.1 cm³/mol. The van der Waals surface area contributed by atoms with E-state index in [2.05, 4.69) is 15.4 Å². The van der Waals surface area contributed by atoms with E-state index in [1.165, 1.54) is 0 Å². The molecule has 0 fully saturated rings. The van der Waals surface area contributed by atoms with Crippen molar-refractivity contribution in [2.45, 2.75) is 20.0 Å². The van der Waals surface area contributed by atoms with Gasteiger partial charge in [-0.25, -0.2) is 4.99 Å². The van der Waals surface area contributed by atoms with Gasteiger partial charge in [0.15, 0.2) is 5.96 Å². The first-order chi connectivity index (χ1) is 11.5. The fourth-order valence-electron chi connectivity index (χ4n) is 2.35. The molecule has 0 saturated heterocycles. The largest absolute Gasteiger partial charge is 0.508 e. The summed E-state index contributed by atoms with van der Waals surface area (Å²) in [5.41, 5.74) is 1.83. The van der Waals surface area contributed by atoms with Gasteiger partial charge in [-0.2, -0.15) is 5.10 Å². The summed E-state index contributed by atoms with van der Waals surface area (Å²) in [6.45, 7) is 3.85. The topological polar surface area (TPSA) is 74.9 Å². The summed E-state index contributed by atoms with van der Waals surface area (Å²) >= 11 is 0. The number of phenols is 1. The van der Waals surface area contributed by atoms with Crippen LogP contribution in [0.2, 0.25) is 0 Å². The smallest absolute Gasteiger partial charge is 0.194 e. The summed E-state index contributed by atoms with van der Waals surface area (Å²) in [5, 5.41) is 17.4. The van der Waals surface area contributed by atoms with Crippen molar-refractivity contribution >= 4 is 5.96 Å². The number of benzene rings is 1. The first-order valence-corrected chi connectivity index (χ1v) is 7.86. The molecule has 0 spiro atoms. The van der Waals surface area contributed by atoms with Gasteiger partial charge in [0.1, 0.15) is 11.5 Å². The highest BCUT2D eigenvalue weighted by atomic mass is 16.5. The number of aryl methyl sites for hydroxylation is 1. The van der Waals surface area contributed by atoms with Crippen molar-refractivity contribution in [2.75, 3.05) is 20.7 Å². The number of nitrogens with one attached hydrogen (secondary N) is 1. The molecule has 2 N–H and O–H groups in total. The number of methoxy groups -OCH3 is 1. The molecule has 2 aromatic rings. The summed E-state index contributed by atoms with van der Waals surface area (Å²) in [6, 6.07) is 5.14. The quantitative estimate of drug-likeness (QED) is 0.623. The van der Waals surface area contributed by atoms with Gasteiger partial charge >= 0.3 is 0 Å². The van der Waals surface area contributed by atoms with Crippen molar-refractivity contribution in [3.05, 3.63) is 41.7 Å². The van der Waals surface area contributed by atoms with Crippen LogP contribution in [0.4, 0.5) is 0 Å². The van der Waals surface area contributed by atoms with Crippen molar-refractivity contribution in [3.8, 4) is 11.5 Å². The van der Waals surface area contributed by atoms with Gasteiger partial charge in [0.25, 0.3) is 0 Å². The zero-order valence-electron chi connectivity index (χ0n) is 14.7. The third kappa shape index (κ3) is 4.65. The van der Waals surface area contributed by atoms with Crippen LogP contribution in [0, 0.1) is 0 Å². The minimum atomic E-state index is 0.213. The van der Waals surface area contributed by atoms with Crippen LogP contribution in [0.3, 0.4) is 0 Å². The van der Waals surface area contributed by atoms with E-state index < -0.39 is 0 Å². The molecule has 1 aromatic carbocycles. The van der Waals surface area contributed by atoms with Crippen LogP contribution in [0.1, 0.15) is 18.1 Å². The summed E-state index contributed by atoms with van der Waals surface area (Å²) in [5.74, 6) is 1.68. The minimum absolute atomic E-state index is 0.213. The Balaban J connectivity index is 2.12. The summed E-state index contributed by atoms with van der Waals surface area (Å²) < 4.78 is 6.98. The monoisotopic (exact) mass is 331 g/mol. The van der Waals surface area contributed by atoms with Gasteiger partial charge < -0.3 is 20.1 Å². The van der Waals surface area contributed by atoms with Crippen LogP contribution in [0.25, 0.3) is 0 Å². The number of nitrogens with zero attached hydrogens (tertiary/aromatic N) is 4. The highest BCUT2D eigenvalue weighted by Gasteiger charge is 2.09. The lowest BCUT2D eigenvalue weighted by atomic mass is 10.2. The van der Waals surface area contributed by atoms with E-state index in [4.69, 9.17) is 4.74 Å². The number of hydrogen-bond donors (Lipinski definition) is 2. The molecule has 0 unspecified atom stereocenters. The van der Waals surface area contributed by atoms with Crippen LogP contribution >= 0.6 is 0 Å². The average molecular weight is 331 g/mol. The highest BCUT2D eigenvalue weighted by Crippen LogP contribution is 2.23. The molecule has 130 valence electrons. The van der Waals surface area contributed by atoms with Crippen LogP contribution in [-0.2, 0) is 20.1 Å². The van der Waals surface area contributed by atoms with Gasteiger partial charge in [-0.3, -0.25) is 4.68 Å². The number of aromatic nitrogens is 2. The van der Waals surface area contributed by atoms with Gasteiger partial charge in [0.05, 0.1) is 19.9 Å². The lowest BCUT2D eigenvalue weighted by Crippen LogP contribution is -2.38. The Morgan fingerprint density at radius 2 is 2.25 bits per heavy atom. The van der Waals surface area contributed by atoms with E-state index in [0.717, 1.165) is 23.6 Å². The fraction of sp³-hybridized carbons (Fsp3) is 0.412. The van der Waals surface area contributed by atoms with Gasteiger partial charge in [-0.05, 0) is 25.1 Å². The molecular formula is C17H25N5O2. The van der Waals surface area contributed by atoms with Crippen molar-refractivity contribution in [2.24, 2.45) is 12.0 Å². The maximum atomic E-state index is 9.98. The first-order valence-electron chi connectivity index (χ1n) is 7.86. The fourth-order valence-corrected chi connectivity index (χ4v) is 2.35. The Bertz CT molecular complexity index is 696. The molecule has 7 nitrogen and oxygen atoms in total. The van der Waals surface area contributed by atoms with Crippen LogP contribution < -0.4 is 10.1 Å². The second-order valence-corrected chi connectivity index (χ2v) is 5.54. The van der Waals surface area contributed by atoms with Crippen LogP contribution in [0.5, 0.6) is 11.5 Å². The third-order valence-electron chi connectivity index (χ3n) is 3.56. The lowest BCUT2D eigenvalue weighted by molar-refractivity contribution is 0.410. The molecule has 1 heterocycles. The van der Waals surface area contributed by atoms with Crippen LogP contribution in [-0.4, -0.2) is 46.4 Å². The van der Waals surface area contributed by atoms with Crippen molar-refractivity contribution in [3.63, 3.8) is 0 Å². The molecule has 2 rings (SSSR count). The molecule has 0 aliphatic carbocycles. The molecule has 24 heavy (non-hydrogen) atoms. The van der Waals surface area contributed by atoms with E-state index in [1.807, 2.05) is 38.3 Å². The standard InChI is InChI=1S/C17H25N5O2/c1-5-18-17(21(2)11-13-9-20-22(3)12-13)19-10-14-8-15(24-4)6-7-16(14)23/h6-9,12,23H,5,10-11H2,1-4H3,(H,18,19). The zero-order chi connectivity index (χ0) is 17.5. The van der Waals surface area contributed by atoms with Crippen molar-refractivity contribution in [1.82, 2.24) is 20.0 Å². The maximum Gasteiger partial charge on any atom is 0.194 e. The molecule has 0 atom stereocenters. The normalized spacial score (nSPS) is 11.4. The predicted octanol–water partition coefficient (Wildman–Crippen LogP) is 1.73. The molecule has 0 aliphatic rings. The number of ether oxygens (including phenoxy) is 1. The Hall–Kier alpha value is -2.70.